The van der Waals surface area contributed by atoms with Crippen molar-refractivity contribution < 1.29 is 0 Å². The second-order valence-electron chi connectivity index (χ2n) is 8.46. The minimum atomic E-state index is 0.547. The highest BCUT2D eigenvalue weighted by Gasteiger charge is 2.14. The van der Waals surface area contributed by atoms with Gasteiger partial charge in [0.1, 0.15) is 5.82 Å². The summed E-state index contributed by atoms with van der Waals surface area (Å²) in [7, 11) is 2.17. The van der Waals surface area contributed by atoms with Crippen LogP contribution < -0.4 is 20.3 Å². The largest absolute Gasteiger partial charge is 0.369 e. The summed E-state index contributed by atoms with van der Waals surface area (Å²) in [6, 6.07) is 14.3. The highest BCUT2D eigenvalue weighted by atomic mass is 35.5. The molecule has 0 unspecified atom stereocenters. The number of hydrogen-bond acceptors (Lipinski definition) is 8. The minimum Gasteiger partial charge on any atom is -0.369 e. The zero-order chi connectivity index (χ0) is 23.9. The van der Waals surface area contributed by atoms with Crippen molar-refractivity contribution in [3.05, 3.63) is 59.2 Å². The molecule has 0 saturated carbocycles. The molecule has 0 aliphatic carbocycles. The van der Waals surface area contributed by atoms with E-state index in [-0.39, 0.29) is 0 Å². The lowest BCUT2D eigenvalue weighted by molar-refractivity contribution is 0.313. The first-order chi connectivity index (χ1) is 16.5. The Bertz CT molecular complexity index is 1090. The Balaban J connectivity index is 1.43. The number of halogens is 1. The standard InChI is InChI=1S/C25H32ClN7S/c1-4-15-34-31-23-16-20(7-10-22(23)26)28-24-18(2)17-27-25(30-24)29-19-5-8-21(9-6-19)33-13-11-32(3)12-14-33/h5-10,16-17,31H,4,11-15H2,1-3H3,(H2,27,28,29,30). The first-order valence-electron chi connectivity index (χ1n) is 11.6. The van der Waals surface area contributed by atoms with Crippen LogP contribution in [0, 0.1) is 6.92 Å². The second-order valence-corrected chi connectivity index (χ2v) is 9.77. The fourth-order valence-corrected chi connectivity index (χ4v) is 4.48. The molecule has 180 valence electrons. The normalized spacial score (nSPS) is 14.2. The lowest BCUT2D eigenvalue weighted by Crippen LogP contribution is -2.44. The monoisotopic (exact) mass is 497 g/mol. The first kappa shape index (κ1) is 24.4. The summed E-state index contributed by atoms with van der Waals surface area (Å²) in [6.45, 7) is 8.44. The number of aryl methyl sites for hydroxylation is 1. The third kappa shape index (κ3) is 6.46. The molecule has 1 saturated heterocycles. The third-order valence-corrected chi connectivity index (χ3v) is 6.99. The second kappa shape index (κ2) is 11.6. The van der Waals surface area contributed by atoms with E-state index in [0.717, 1.165) is 66.8 Å². The zero-order valence-electron chi connectivity index (χ0n) is 19.9. The van der Waals surface area contributed by atoms with Gasteiger partial charge < -0.3 is 25.2 Å². The van der Waals surface area contributed by atoms with E-state index >= 15 is 0 Å². The van der Waals surface area contributed by atoms with Crippen LogP contribution in [0.5, 0.6) is 0 Å². The minimum absolute atomic E-state index is 0.547. The Morgan fingerprint density at radius 2 is 1.74 bits per heavy atom. The molecule has 0 atom stereocenters. The highest BCUT2D eigenvalue weighted by molar-refractivity contribution is 8.00. The van der Waals surface area contributed by atoms with Gasteiger partial charge in [0.2, 0.25) is 5.95 Å². The fourth-order valence-electron chi connectivity index (χ4n) is 3.63. The molecule has 3 aromatic rings. The number of aromatic nitrogens is 2. The number of nitrogens with zero attached hydrogens (tertiary/aromatic N) is 4. The van der Waals surface area contributed by atoms with Gasteiger partial charge >= 0.3 is 0 Å². The van der Waals surface area contributed by atoms with E-state index in [0.29, 0.717) is 11.0 Å². The molecule has 3 N–H and O–H groups in total. The van der Waals surface area contributed by atoms with Gasteiger partial charge in [-0.15, -0.1) is 0 Å². The van der Waals surface area contributed by atoms with Crippen LogP contribution in [0.25, 0.3) is 0 Å². The lowest BCUT2D eigenvalue weighted by atomic mass is 10.2. The first-order valence-corrected chi connectivity index (χ1v) is 13.0. The molecular formula is C25H32ClN7S. The number of nitrogens with one attached hydrogen (secondary N) is 3. The summed E-state index contributed by atoms with van der Waals surface area (Å²) >= 11 is 8.00. The number of anilines is 6. The van der Waals surface area contributed by atoms with Gasteiger partial charge in [-0.2, -0.15) is 4.98 Å². The van der Waals surface area contributed by atoms with Crippen molar-refractivity contribution in [1.29, 1.82) is 0 Å². The average Bonchev–Trinajstić information content (AvgIpc) is 2.84. The molecule has 0 radical (unpaired) electrons. The van der Waals surface area contributed by atoms with Crippen LogP contribution in [0.2, 0.25) is 5.02 Å². The Labute approximate surface area is 211 Å². The molecule has 1 fully saturated rings. The average molecular weight is 498 g/mol. The van der Waals surface area contributed by atoms with E-state index in [1.807, 2.05) is 31.3 Å². The molecule has 9 heteroatoms. The number of likely N-dealkylation sites (N-methyl/N-ethyl adjacent to an activating group) is 1. The molecule has 0 spiro atoms. The van der Waals surface area contributed by atoms with Crippen LogP contribution >= 0.6 is 23.5 Å². The van der Waals surface area contributed by atoms with E-state index < -0.39 is 0 Å². The highest BCUT2D eigenvalue weighted by Crippen LogP contribution is 2.30. The summed E-state index contributed by atoms with van der Waals surface area (Å²) < 4.78 is 3.32. The van der Waals surface area contributed by atoms with Crippen molar-refractivity contribution in [1.82, 2.24) is 14.9 Å². The summed E-state index contributed by atoms with van der Waals surface area (Å²) in [5.74, 6) is 2.32. The number of piperazine rings is 1. The smallest absolute Gasteiger partial charge is 0.229 e. The maximum absolute atomic E-state index is 6.35. The van der Waals surface area contributed by atoms with E-state index in [1.165, 1.54) is 5.69 Å². The van der Waals surface area contributed by atoms with Crippen LogP contribution in [-0.4, -0.2) is 53.8 Å². The predicted octanol–water partition coefficient (Wildman–Crippen LogP) is 6.15. The molecule has 1 aliphatic rings. The molecule has 1 aromatic heterocycles. The molecule has 0 bridgehead atoms. The van der Waals surface area contributed by atoms with Crippen LogP contribution in [0.1, 0.15) is 18.9 Å². The van der Waals surface area contributed by atoms with Gasteiger partial charge in [-0.25, -0.2) is 4.98 Å². The van der Waals surface area contributed by atoms with E-state index in [9.17, 15) is 0 Å². The van der Waals surface area contributed by atoms with Crippen LogP contribution in [0.3, 0.4) is 0 Å². The summed E-state index contributed by atoms with van der Waals surface area (Å²) in [5, 5.41) is 7.42. The van der Waals surface area contributed by atoms with E-state index in [1.54, 1.807) is 11.9 Å². The van der Waals surface area contributed by atoms with Gasteiger partial charge in [0.05, 0.1) is 10.7 Å². The molecule has 34 heavy (non-hydrogen) atoms. The molecule has 0 amide bonds. The molecule has 7 nitrogen and oxygen atoms in total. The Kier molecular flexibility index (Phi) is 8.37. The van der Waals surface area contributed by atoms with Gasteiger partial charge in [0, 0.05) is 60.8 Å². The SMILES string of the molecule is CCCSNc1cc(Nc2nc(Nc3ccc(N4CCN(C)CC4)cc3)ncc2C)ccc1Cl. The van der Waals surface area contributed by atoms with Gasteiger partial charge in [-0.1, -0.05) is 30.5 Å². The molecule has 2 heterocycles. The molecular weight excluding hydrogens is 466 g/mol. The predicted molar refractivity (Wildman–Crippen MR) is 147 cm³/mol. The van der Waals surface area contributed by atoms with Crippen molar-refractivity contribution in [2.24, 2.45) is 0 Å². The number of hydrogen-bond donors (Lipinski definition) is 3. The molecule has 1 aliphatic heterocycles. The molecule has 2 aromatic carbocycles. The Morgan fingerprint density at radius 1 is 1.00 bits per heavy atom. The fraction of sp³-hybridized carbons (Fsp3) is 0.360. The van der Waals surface area contributed by atoms with E-state index in [4.69, 9.17) is 16.6 Å². The Hall–Kier alpha value is -2.68. The van der Waals surface area contributed by atoms with Gasteiger partial charge in [-0.3, -0.25) is 0 Å². The summed E-state index contributed by atoms with van der Waals surface area (Å²) in [4.78, 5) is 13.9. The third-order valence-electron chi connectivity index (χ3n) is 5.68. The van der Waals surface area contributed by atoms with Crippen molar-refractivity contribution in [3.63, 3.8) is 0 Å². The van der Waals surface area contributed by atoms with E-state index in [2.05, 4.69) is 68.4 Å². The topological polar surface area (TPSA) is 68.4 Å². The quantitative estimate of drug-likeness (QED) is 0.240. The van der Waals surface area contributed by atoms with Crippen LogP contribution in [0.4, 0.5) is 34.5 Å². The van der Waals surface area contributed by atoms with Crippen LogP contribution in [0.15, 0.2) is 48.7 Å². The van der Waals surface area contributed by atoms with Gasteiger partial charge in [0.25, 0.3) is 0 Å². The summed E-state index contributed by atoms with van der Waals surface area (Å²) in [6.07, 6.45) is 2.92. The maximum Gasteiger partial charge on any atom is 0.229 e. The number of rotatable bonds is 9. The van der Waals surface area contributed by atoms with Gasteiger partial charge in [-0.05, 0) is 62.9 Å². The number of benzene rings is 2. The zero-order valence-corrected chi connectivity index (χ0v) is 21.5. The van der Waals surface area contributed by atoms with Crippen molar-refractivity contribution in [3.8, 4) is 0 Å². The van der Waals surface area contributed by atoms with Crippen molar-refractivity contribution in [2.75, 3.05) is 59.2 Å². The maximum atomic E-state index is 6.35. The summed E-state index contributed by atoms with van der Waals surface area (Å²) in [5.41, 5.74) is 4.96. The lowest BCUT2D eigenvalue weighted by Gasteiger charge is -2.34. The van der Waals surface area contributed by atoms with Crippen LogP contribution in [-0.2, 0) is 0 Å². The Morgan fingerprint density at radius 3 is 2.47 bits per heavy atom. The van der Waals surface area contributed by atoms with Gasteiger partial charge in [0.15, 0.2) is 0 Å². The van der Waals surface area contributed by atoms with Crippen molar-refractivity contribution >= 4 is 58.1 Å². The van der Waals surface area contributed by atoms with Crippen molar-refractivity contribution in [2.45, 2.75) is 20.3 Å². The molecule has 4 rings (SSSR count).